The van der Waals surface area contributed by atoms with Gasteiger partial charge in [-0.2, -0.15) is 0 Å². The van der Waals surface area contributed by atoms with Gasteiger partial charge in [0.15, 0.2) is 5.41 Å². The highest BCUT2D eigenvalue weighted by Crippen LogP contribution is 2.38. The molecule has 4 heteroatoms. The number of carbonyl (C=O) groups is 1. The Morgan fingerprint density at radius 3 is 2.26 bits per heavy atom. The van der Waals surface area contributed by atoms with Gasteiger partial charge in [-0.15, -0.1) is 0 Å². The number of nitrogens with one attached hydrogen (secondary N) is 1. The van der Waals surface area contributed by atoms with Crippen LogP contribution in [0.4, 0.5) is 0 Å². The van der Waals surface area contributed by atoms with Crippen LogP contribution in [-0.2, 0) is 14.9 Å². The maximum Gasteiger partial charge on any atom is 0.328 e. The predicted molar refractivity (Wildman–Crippen MR) is 88.1 cm³/mol. The number of hydrogen-bond donors (Lipinski definition) is 1. The molecule has 0 bridgehead atoms. The third kappa shape index (κ3) is 2.42. The molecule has 0 spiro atoms. The molecule has 3 rings (SSSR count). The summed E-state index contributed by atoms with van der Waals surface area (Å²) in [5.74, 6) is 0.168. The minimum absolute atomic E-state index is 0.373. The van der Waals surface area contributed by atoms with E-state index in [0.717, 1.165) is 16.7 Å². The van der Waals surface area contributed by atoms with E-state index in [2.05, 4.69) is 9.97 Å². The van der Waals surface area contributed by atoms with E-state index in [1.165, 1.54) is 7.11 Å². The smallest absolute Gasteiger partial charge is 0.328 e. The Labute approximate surface area is 135 Å². The molecule has 0 aliphatic rings. The molecule has 3 aromatic rings. The number of ether oxygens (including phenoxy) is 1. The maximum atomic E-state index is 12.9. The monoisotopic (exact) mass is 306 g/mol. The van der Waals surface area contributed by atoms with Crippen LogP contribution in [0.5, 0.6) is 0 Å². The van der Waals surface area contributed by atoms with E-state index in [9.17, 15) is 4.79 Å². The summed E-state index contributed by atoms with van der Waals surface area (Å²) in [6, 6.07) is 17.4. The third-order valence-corrected chi connectivity index (χ3v) is 4.04. The molecule has 0 amide bonds. The molecule has 116 valence electrons. The Kier molecular flexibility index (Phi) is 3.98. The number of esters is 1. The Hall–Kier alpha value is -2.88. The van der Waals surface area contributed by atoms with Crippen molar-refractivity contribution < 1.29 is 9.53 Å². The van der Waals surface area contributed by atoms with Crippen molar-refractivity contribution in [2.75, 3.05) is 7.11 Å². The van der Waals surface area contributed by atoms with Crippen LogP contribution in [0.3, 0.4) is 0 Å². The van der Waals surface area contributed by atoms with Crippen molar-refractivity contribution in [3.63, 3.8) is 0 Å². The first kappa shape index (κ1) is 15.0. The largest absolute Gasteiger partial charge is 0.468 e. The molecular formula is C19H18N2O2. The Balaban J connectivity index is 2.35. The summed E-state index contributed by atoms with van der Waals surface area (Å²) in [6.45, 7) is 2.01. The molecule has 1 N–H and O–H groups in total. The molecule has 2 aromatic carbocycles. The average molecular weight is 306 g/mol. The van der Waals surface area contributed by atoms with Gasteiger partial charge in [0, 0.05) is 12.4 Å². The molecule has 0 saturated carbocycles. The second kappa shape index (κ2) is 6.08. The molecule has 0 saturated heterocycles. The molecule has 0 aliphatic carbocycles. The van der Waals surface area contributed by atoms with Crippen molar-refractivity contribution in [1.29, 1.82) is 0 Å². The summed E-state index contributed by atoms with van der Waals surface area (Å²) in [5, 5.41) is 0. The highest BCUT2D eigenvalue weighted by Gasteiger charge is 2.47. The second-order valence-corrected chi connectivity index (χ2v) is 5.41. The fourth-order valence-corrected chi connectivity index (χ4v) is 2.89. The Bertz CT molecular complexity index is 780. The van der Waals surface area contributed by atoms with Crippen LogP contribution >= 0.6 is 0 Å². The number of H-pyrrole nitrogens is 1. The van der Waals surface area contributed by atoms with Gasteiger partial charge in [-0.25, -0.2) is 4.98 Å². The molecule has 1 unspecified atom stereocenters. The van der Waals surface area contributed by atoms with Crippen LogP contribution in [0.15, 0.2) is 67.0 Å². The Morgan fingerprint density at radius 1 is 1.04 bits per heavy atom. The van der Waals surface area contributed by atoms with Crippen LogP contribution in [0.1, 0.15) is 22.5 Å². The lowest BCUT2D eigenvalue weighted by Gasteiger charge is -2.30. The van der Waals surface area contributed by atoms with Crippen molar-refractivity contribution in [2.45, 2.75) is 12.3 Å². The van der Waals surface area contributed by atoms with Gasteiger partial charge in [0.05, 0.1) is 7.11 Å². The molecule has 0 aliphatic heterocycles. The molecule has 1 aromatic heterocycles. The van der Waals surface area contributed by atoms with E-state index in [1.807, 2.05) is 61.5 Å². The van der Waals surface area contributed by atoms with Crippen LogP contribution in [0.2, 0.25) is 0 Å². The molecule has 1 heterocycles. The first-order valence-corrected chi connectivity index (χ1v) is 7.40. The number of aryl methyl sites for hydroxylation is 1. The molecular weight excluding hydrogens is 288 g/mol. The summed E-state index contributed by atoms with van der Waals surface area (Å²) < 4.78 is 5.18. The predicted octanol–water partition coefficient (Wildman–Crippen LogP) is 3.23. The van der Waals surface area contributed by atoms with Gasteiger partial charge < -0.3 is 9.72 Å². The topological polar surface area (TPSA) is 55.0 Å². The minimum Gasteiger partial charge on any atom is -0.468 e. The zero-order valence-electron chi connectivity index (χ0n) is 13.1. The van der Waals surface area contributed by atoms with E-state index in [-0.39, 0.29) is 5.97 Å². The highest BCUT2D eigenvalue weighted by atomic mass is 16.5. The van der Waals surface area contributed by atoms with Gasteiger partial charge in [0.1, 0.15) is 5.82 Å². The van der Waals surface area contributed by atoms with Gasteiger partial charge in [-0.05, 0) is 18.1 Å². The number of hydrogen-bond acceptors (Lipinski definition) is 3. The summed E-state index contributed by atoms with van der Waals surface area (Å²) in [6.07, 6.45) is 3.36. The number of methoxy groups -OCH3 is 1. The van der Waals surface area contributed by atoms with Gasteiger partial charge in [-0.1, -0.05) is 60.2 Å². The summed E-state index contributed by atoms with van der Waals surface area (Å²) in [5.41, 5.74) is 1.63. The fourth-order valence-electron chi connectivity index (χ4n) is 2.89. The standard InChI is InChI=1S/C19H18N2O2/c1-14-8-10-16(11-9-14)19(18(22)23-2,17-20-12-13-21-17)15-6-4-3-5-7-15/h3-13H,1-2H3,(H,20,21). The minimum atomic E-state index is -1.12. The number of carbonyl (C=O) groups excluding carboxylic acids is 1. The van der Waals surface area contributed by atoms with Gasteiger partial charge in [0.2, 0.25) is 0 Å². The lowest BCUT2D eigenvalue weighted by molar-refractivity contribution is -0.144. The summed E-state index contributed by atoms with van der Waals surface area (Å²) >= 11 is 0. The lowest BCUT2D eigenvalue weighted by atomic mass is 9.73. The zero-order valence-corrected chi connectivity index (χ0v) is 13.1. The Morgan fingerprint density at radius 2 is 1.70 bits per heavy atom. The van der Waals surface area contributed by atoms with Gasteiger partial charge in [-0.3, -0.25) is 4.79 Å². The molecule has 4 nitrogen and oxygen atoms in total. The van der Waals surface area contributed by atoms with Crippen molar-refractivity contribution >= 4 is 5.97 Å². The second-order valence-electron chi connectivity index (χ2n) is 5.41. The fraction of sp³-hybridized carbons (Fsp3) is 0.158. The van der Waals surface area contributed by atoms with Crippen LogP contribution < -0.4 is 0 Å². The van der Waals surface area contributed by atoms with Gasteiger partial charge >= 0.3 is 5.97 Å². The highest BCUT2D eigenvalue weighted by molar-refractivity contribution is 5.91. The first-order chi connectivity index (χ1) is 11.2. The van der Waals surface area contributed by atoms with E-state index in [4.69, 9.17) is 4.74 Å². The summed E-state index contributed by atoms with van der Waals surface area (Å²) in [7, 11) is 1.40. The molecule has 0 fully saturated rings. The van der Waals surface area contributed by atoms with Crippen molar-refractivity contribution in [3.05, 3.63) is 89.5 Å². The number of aromatic nitrogens is 2. The lowest BCUT2D eigenvalue weighted by Crippen LogP contribution is -2.40. The number of imidazole rings is 1. The number of nitrogens with zero attached hydrogens (tertiary/aromatic N) is 1. The zero-order chi connectivity index (χ0) is 16.3. The van der Waals surface area contributed by atoms with E-state index in [0.29, 0.717) is 5.82 Å². The van der Waals surface area contributed by atoms with Crippen molar-refractivity contribution in [1.82, 2.24) is 9.97 Å². The average Bonchev–Trinajstić information content (AvgIpc) is 3.12. The van der Waals surface area contributed by atoms with E-state index >= 15 is 0 Å². The number of aromatic amines is 1. The SMILES string of the molecule is COC(=O)C(c1ccccc1)(c1ccc(C)cc1)c1ncc[nH]1. The van der Waals surface area contributed by atoms with Crippen molar-refractivity contribution in [2.24, 2.45) is 0 Å². The van der Waals surface area contributed by atoms with Crippen LogP contribution in [0, 0.1) is 6.92 Å². The van der Waals surface area contributed by atoms with Crippen molar-refractivity contribution in [3.8, 4) is 0 Å². The first-order valence-electron chi connectivity index (χ1n) is 7.40. The number of benzene rings is 2. The number of rotatable bonds is 4. The quantitative estimate of drug-likeness (QED) is 0.753. The van der Waals surface area contributed by atoms with Crippen LogP contribution in [-0.4, -0.2) is 23.0 Å². The maximum absolute atomic E-state index is 12.9. The normalized spacial score (nSPS) is 13.3. The molecule has 23 heavy (non-hydrogen) atoms. The summed E-state index contributed by atoms with van der Waals surface area (Å²) in [4.78, 5) is 20.4. The van der Waals surface area contributed by atoms with E-state index < -0.39 is 5.41 Å². The molecule has 1 atom stereocenters. The third-order valence-electron chi connectivity index (χ3n) is 4.04. The molecule has 0 radical (unpaired) electrons. The van der Waals surface area contributed by atoms with Gasteiger partial charge in [0.25, 0.3) is 0 Å². The van der Waals surface area contributed by atoms with E-state index in [1.54, 1.807) is 12.4 Å². The van der Waals surface area contributed by atoms with Crippen LogP contribution in [0.25, 0.3) is 0 Å².